The highest BCUT2D eigenvalue weighted by Gasteiger charge is 1.96. The van der Waals surface area contributed by atoms with E-state index in [1.54, 1.807) is 0 Å². The molecule has 0 bridgehead atoms. The molecular formula is C7H15O. The zero-order valence-electron chi connectivity index (χ0n) is 5.72. The summed E-state index contributed by atoms with van der Waals surface area (Å²) in [5.41, 5.74) is 0. The zero-order valence-corrected chi connectivity index (χ0v) is 5.72. The molecule has 49 valence electrons. The average molecular weight is 115 g/mol. The standard InChI is InChI=1S/C7H15O/c1-3-4-7(2)5-6-8/h4,7-8H,3,5-6H2,1-2H3. The summed E-state index contributed by atoms with van der Waals surface area (Å²) in [5, 5.41) is 8.44. The van der Waals surface area contributed by atoms with E-state index in [2.05, 4.69) is 20.3 Å². The van der Waals surface area contributed by atoms with Crippen LogP contribution in [0.15, 0.2) is 0 Å². The molecule has 0 aliphatic carbocycles. The molecule has 0 aromatic carbocycles. The van der Waals surface area contributed by atoms with Gasteiger partial charge in [-0.25, -0.2) is 0 Å². The monoisotopic (exact) mass is 115 g/mol. The molecule has 0 amide bonds. The van der Waals surface area contributed by atoms with E-state index < -0.39 is 0 Å². The fourth-order valence-corrected chi connectivity index (χ4v) is 0.724. The van der Waals surface area contributed by atoms with Crippen molar-refractivity contribution in [3.63, 3.8) is 0 Å². The smallest absolute Gasteiger partial charge is 0.0433 e. The van der Waals surface area contributed by atoms with E-state index in [9.17, 15) is 0 Å². The van der Waals surface area contributed by atoms with Gasteiger partial charge in [0.25, 0.3) is 0 Å². The van der Waals surface area contributed by atoms with Gasteiger partial charge in [0.15, 0.2) is 0 Å². The molecule has 0 aliphatic rings. The van der Waals surface area contributed by atoms with Crippen LogP contribution in [0, 0.1) is 12.3 Å². The molecule has 0 aromatic heterocycles. The lowest BCUT2D eigenvalue weighted by Gasteiger charge is -2.04. The number of aliphatic hydroxyl groups excluding tert-OH is 1. The van der Waals surface area contributed by atoms with E-state index in [-0.39, 0.29) is 0 Å². The Morgan fingerprint density at radius 2 is 2.25 bits per heavy atom. The lowest BCUT2D eigenvalue weighted by molar-refractivity contribution is 0.269. The first-order valence-electron chi connectivity index (χ1n) is 3.25. The van der Waals surface area contributed by atoms with Crippen molar-refractivity contribution >= 4 is 0 Å². The van der Waals surface area contributed by atoms with Crippen LogP contribution in [0.5, 0.6) is 0 Å². The van der Waals surface area contributed by atoms with Gasteiger partial charge >= 0.3 is 0 Å². The van der Waals surface area contributed by atoms with Crippen molar-refractivity contribution in [1.29, 1.82) is 0 Å². The Kier molecular flexibility index (Phi) is 5.08. The van der Waals surface area contributed by atoms with Gasteiger partial charge in [0.1, 0.15) is 0 Å². The van der Waals surface area contributed by atoms with Gasteiger partial charge in [0.2, 0.25) is 0 Å². The summed E-state index contributed by atoms with van der Waals surface area (Å²) in [6.45, 7) is 4.56. The van der Waals surface area contributed by atoms with Gasteiger partial charge in [0, 0.05) is 6.61 Å². The van der Waals surface area contributed by atoms with Gasteiger partial charge in [-0.05, 0) is 18.8 Å². The highest BCUT2D eigenvalue weighted by molar-refractivity contribution is 4.69. The van der Waals surface area contributed by atoms with Crippen LogP contribution >= 0.6 is 0 Å². The SMILES string of the molecule is CC[CH]C(C)CCO. The van der Waals surface area contributed by atoms with Crippen molar-refractivity contribution in [2.75, 3.05) is 6.61 Å². The molecule has 1 radical (unpaired) electrons. The molecule has 0 saturated carbocycles. The van der Waals surface area contributed by atoms with Crippen LogP contribution in [0.25, 0.3) is 0 Å². The molecule has 0 spiro atoms. The predicted molar refractivity (Wildman–Crippen MR) is 35.5 cm³/mol. The van der Waals surface area contributed by atoms with Gasteiger partial charge < -0.3 is 5.11 Å². The predicted octanol–water partition coefficient (Wildman–Crippen LogP) is 1.62. The average Bonchev–Trinajstić information content (AvgIpc) is 1.68. The minimum atomic E-state index is 0.317. The maximum Gasteiger partial charge on any atom is 0.0433 e. The van der Waals surface area contributed by atoms with Crippen LogP contribution in [0.1, 0.15) is 26.7 Å². The Balaban J connectivity index is 2.92. The Morgan fingerprint density at radius 3 is 2.62 bits per heavy atom. The molecule has 8 heavy (non-hydrogen) atoms. The zero-order chi connectivity index (χ0) is 6.41. The summed E-state index contributed by atoms with van der Waals surface area (Å²) in [5.74, 6) is 0.588. The molecule has 1 atom stereocenters. The maximum absolute atomic E-state index is 8.44. The van der Waals surface area contributed by atoms with Gasteiger partial charge in [0.05, 0.1) is 0 Å². The largest absolute Gasteiger partial charge is 0.396 e. The second kappa shape index (κ2) is 5.10. The quantitative estimate of drug-likeness (QED) is 0.590. The van der Waals surface area contributed by atoms with Crippen molar-refractivity contribution in [1.82, 2.24) is 0 Å². The minimum absolute atomic E-state index is 0.317. The van der Waals surface area contributed by atoms with Crippen LogP contribution < -0.4 is 0 Å². The maximum atomic E-state index is 8.44. The molecule has 0 fully saturated rings. The summed E-state index contributed by atoms with van der Waals surface area (Å²) in [7, 11) is 0. The molecule has 1 unspecified atom stereocenters. The lowest BCUT2D eigenvalue weighted by atomic mass is 10.0. The van der Waals surface area contributed by atoms with Crippen LogP contribution in [0.3, 0.4) is 0 Å². The molecular weight excluding hydrogens is 100 g/mol. The van der Waals surface area contributed by atoms with Crippen molar-refractivity contribution in [3.05, 3.63) is 6.42 Å². The Morgan fingerprint density at radius 1 is 1.62 bits per heavy atom. The Hall–Kier alpha value is -0.0400. The number of aliphatic hydroxyl groups is 1. The first kappa shape index (κ1) is 7.96. The number of hydrogen-bond donors (Lipinski definition) is 1. The van der Waals surface area contributed by atoms with Crippen molar-refractivity contribution in [2.24, 2.45) is 5.92 Å². The molecule has 1 heteroatoms. The van der Waals surface area contributed by atoms with Crippen LogP contribution in [-0.2, 0) is 0 Å². The third kappa shape index (κ3) is 4.13. The molecule has 0 aliphatic heterocycles. The highest BCUT2D eigenvalue weighted by Crippen LogP contribution is 2.06. The fraction of sp³-hybridized carbons (Fsp3) is 0.857. The number of rotatable bonds is 4. The molecule has 0 rings (SSSR count). The van der Waals surface area contributed by atoms with Gasteiger partial charge in [-0.3, -0.25) is 0 Å². The minimum Gasteiger partial charge on any atom is -0.396 e. The molecule has 1 nitrogen and oxygen atoms in total. The molecule has 0 heterocycles. The van der Waals surface area contributed by atoms with E-state index in [1.165, 1.54) is 0 Å². The van der Waals surface area contributed by atoms with Crippen molar-refractivity contribution < 1.29 is 5.11 Å². The summed E-state index contributed by atoms with van der Waals surface area (Å²) < 4.78 is 0. The van der Waals surface area contributed by atoms with Gasteiger partial charge in [-0.1, -0.05) is 20.3 Å². The first-order chi connectivity index (χ1) is 3.81. The second-order valence-electron chi connectivity index (χ2n) is 2.13. The van der Waals surface area contributed by atoms with Crippen LogP contribution in [0.4, 0.5) is 0 Å². The molecule has 0 aromatic rings. The topological polar surface area (TPSA) is 20.2 Å². The van der Waals surface area contributed by atoms with E-state index in [1.807, 2.05) is 0 Å². The third-order valence-electron chi connectivity index (χ3n) is 1.22. The van der Waals surface area contributed by atoms with Gasteiger partial charge in [-0.15, -0.1) is 0 Å². The fourth-order valence-electron chi connectivity index (χ4n) is 0.724. The van der Waals surface area contributed by atoms with Crippen molar-refractivity contribution in [2.45, 2.75) is 26.7 Å². The normalized spacial score (nSPS) is 13.9. The molecule has 0 saturated heterocycles. The highest BCUT2D eigenvalue weighted by atomic mass is 16.2. The number of hydrogen-bond acceptors (Lipinski definition) is 1. The lowest BCUT2D eigenvalue weighted by Crippen LogP contribution is -1.97. The first-order valence-corrected chi connectivity index (χ1v) is 3.25. The van der Waals surface area contributed by atoms with Crippen molar-refractivity contribution in [3.8, 4) is 0 Å². The summed E-state index contributed by atoms with van der Waals surface area (Å²) >= 11 is 0. The van der Waals surface area contributed by atoms with Gasteiger partial charge in [-0.2, -0.15) is 0 Å². The third-order valence-corrected chi connectivity index (χ3v) is 1.22. The second-order valence-corrected chi connectivity index (χ2v) is 2.13. The van der Waals surface area contributed by atoms with E-state index in [0.717, 1.165) is 12.8 Å². The van der Waals surface area contributed by atoms with E-state index in [0.29, 0.717) is 12.5 Å². The van der Waals surface area contributed by atoms with Crippen LogP contribution in [-0.4, -0.2) is 11.7 Å². The van der Waals surface area contributed by atoms with E-state index in [4.69, 9.17) is 5.11 Å². The molecule has 1 N–H and O–H groups in total. The summed E-state index contributed by atoms with van der Waals surface area (Å²) in [4.78, 5) is 0. The summed E-state index contributed by atoms with van der Waals surface area (Å²) in [6.07, 6.45) is 4.24. The van der Waals surface area contributed by atoms with E-state index >= 15 is 0 Å². The Bertz CT molecular complexity index is 37.7. The Labute approximate surface area is 51.7 Å². The summed E-state index contributed by atoms with van der Waals surface area (Å²) in [6, 6.07) is 0. The van der Waals surface area contributed by atoms with Crippen LogP contribution in [0.2, 0.25) is 0 Å².